The molecule has 1 rings (SSSR count). The van der Waals surface area contributed by atoms with Gasteiger partial charge in [0.15, 0.2) is 0 Å². The van der Waals surface area contributed by atoms with E-state index in [-0.39, 0.29) is 22.9 Å². The molecule has 7 nitrogen and oxygen atoms in total. The van der Waals surface area contributed by atoms with Crippen molar-refractivity contribution in [3.05, 3.63) is 24.3 Å². The molecule has 0 aromatic heterocycles. The van der Waals surface area contributed by atoms with Crippen LogP contribution in [0.3, 0.4) is 0 Å². The van der Waals surface area contributed by atoms with Crippen LogP contribution in [0.2, 0.25) is 0 Å². The molecule has 120 valence electrons. The van der Waals surface area contributed by atoms with Crippen molar-refractivity contribution >= 4 is 20.0 Å². The van der Waals surface area contributed by atoms with Crippen molar-refractivity contribution in [2.24, 2.45) is 0 Å². The third-order valence-corrected chi connectivity index (χ3v) is 5.75. The van der Waals surface area contributed by atoms with Gasteiger partial charge in [0.1, 0.15) is 0 Å². The van der Waals surface area contributed by atoms with Crippen molar-refractivity contribution in [1.29, 1.82) is 0 Å². The fourth-order valence-electron chi connectivity index (χ4n) is 1.62. The van der Waals surface area contributed by atoms with Crippen LogP contribution in [0.4, 0.5) is 0 Å². The van der Waals surface area contributed by atoms with E-state index in [1.165, 1.54) is 31.3 Å². The van der Waals surface area contributed by atoms with E-state index in [2.05, 4.69) is 9.44 Å². The minimum Gasteiger partial charge on any atom is -0.396 e. The molecule has 1 aromatic carbocycles. The number of hydrogen-bond acceptors (Lipinski definition) is 5. The summed E-state index contributed by atoms with van der Waals surface area (Å²) >= 11 is 0. The molecule has 0 aliphatic carbocycles. The monoisotopic (exact) mass is 336 g/mol. The summed E-state index contributed by atoms with van der Waals surface area (Å²) in [6.45, 7) is 0.368. The van der Waals surface area contributed by atoms with Crippen molar-refractivity contribution in [3.8, 4) is 0 Å². The molecular formula is C12H20N2O5S2. The Morgan fingerprint density at radius 2 is 1.43 bits per heavy atom. The number of aliphatic hydroxyl groups excluding tert-OH is 1. The fraction of sp³-hybridized carbons (Fsp3) is 0.500. The van der Waals surface area contributed by atoms with Crippen LogP contribution in [0.1, 0.15) is 19.3 Å². The van der Waals surface area contributed by atoms with Gasteiger partial charge in [0, 0.05) is 13.2 Å². The second-order valence-electron chi connectivity index (χ2n) is 4.36. The third-order valence-electron chi connectivity index (χ3n) is 2.84. The molecule has 0 amide bonds. The highest BCUT2D eigenvalue weighted by molar-refractivity contribution is 7.90. The zero-order valence-electron chi connectivity index (χ0n) is 11.7. The van der Waals surface area contributed by atoms with Gasteiger partial charge in [0.25, 0.3) is 0 Å². The van der Waals surface area contributed by atoms with Gasteiger partial charge in [-0.2, -0.15) is 0 Å². The minimum absolute atomic E-state index is 0.00638. The van der Waals surface area contributed by atoms with Gasteiger partial charge in [-0.3, -0.25) is 0 Å². The summed E-state index contributed by atoms with van der Waals surface area (Å²) in [5, 5.41) is 8.62. The molecule has 0 aliphatic rings. The molecule has 0 atom stereocenters. The second kappa shape index (κ2) is 7.85. The zero-order valence-corrected chi connectivity index (χ0v) is 13.4. The summed E-state index contributed by atoms with van der Waals surface area (Å²) in [6, 6.07) is 4.98. The van der Waals surface area contributed by atoms with Gasteiger partial charge in [-0.1, -0.05) is 0 Å². The average Bonchev–Trinajstić information content (AvgIpc) is 2.47. The van der Waals surface area contributed by atoms with Crippen molar-refractivity contribution in [2.45, 2.75) is 29.1 Å². The highest BCUT2D eigenvalue weighted by Crippen LogP contribution is 2.14. The maximum atomic E-state index is 12.0. The van der Waals surface area contributed by atoms with Crippen molar-refractivity contribution in [1.82, 2.24) is 9.44 Å². The highest BCUT2D eigenvalue weighted by atomic mass is 32.2. The molecule has 3 N–H and O–H groups in total. The SMILES string of the molecule is CNS(=O)(=O)c1ccc(S(=O)(=O)NCCCCCO)cc1. The van der Waals surface area contributed by atoms with Crippen LogP contribution in [0, 0.1) is 0 Å². The molecule has 0 bridgehead atoms. The number of aliphatic hydroxyl groups is 1. The highest BCUT2D eigenvalue weighted by Gasteiger charge is 2.16. The standard InChI is InChI=1S/C12H20N2O5S2/c1-13-20(16,17)11-5-7-12(8-6-11)21(18,19)14-9-3-2-4-10-15/h5-8,13-15H,2-4,9-10H2,1H3. The summed E-state index contributed by atoms with van der Waals surface area (Å²) in [5.41, 5.74) is 0. The van der Waals surface area contributed by atoms with Gasteiger partial charge in [-0.05, 0) is 50.6 Å². The van der Waals surface area contributed by atoms with Gasteiger partial charge in [-0.25, -0.2) is 26.3 Å². The van der Waals surface area contributed by atoms with Crippen molar-refractivity contribution in [3.63, 3.8) is 0 Å². The number of hydrogen-bond donors (Lipinski definition) is 3. The van der Waals surface area contributed by atoms with E-state index in [4.69, 9.17) is 5.11 Å². The van der Waals surface area contributed by atoms with E-state index in [9.17, 15) is 16.8 Å². The molecule has 0 fully saturated rings. The molecule has 0 saturated heterocycles. The molecule has 0 aliphatic heterocycles. The van der Waals surface area contributed by atoms with Crippen LogP contribution in [0.15, 0.2) is 34.1 Å². The van der Waals surface area contributed by atoms with Gasteiger partial charge >= 0.3 is 0 Å². The molecule has 0 heterocycles. The van der Waals surface area contributed by atoms with Gasteiger partial charge in [0.2, 0.25) is 20.0 Å². The summed E-state index contributed by atoms with van der Waals surface area (Å²) in [4.78, 5) is 0.0200. The quantitative estimate of drug-likeness (QED) is 0.551. The first kappa shape index (κ1) is 18.1. The number of sulfonamides is 2. The van der Waals surface area contributed by atoms with E-state index in [0.717, 1.165) is 6.42 Å². The fourth-order valence-corrected chi connectivity index (χ4v) is 3.42. The first-order valence-electron chi connectivity index (χ1n) is 6.47. The van der Waals surface area contributed by atoms with Crippen LogP contribution in [-0.2, 0) is 20.0 Å². The average molecular weight is 336 g/mol. The Hall–Kier alpha value is -1.00. The summed E-state index contributed by atoms with van der Waals surface area (Å²) < 4.78 is 51.6. The van der Waals surface area contributed by atoms with Crippen molar-refractivity contribution in [2.75, 3.05) is 20.2 Å². The number of rotatable bonds is 9. The van der Waals surface area contributed by atoms with Crippen LogP contribution in [0.5, 0.6) is 0 Å². The Labute approximate surface area is 125 Å². The molecule has 0 radical (unpaired) electrons. The number of nitrogens with one attached hydrogen (secondary N) is 2. The Morgan fingerprint density at radius 3 is 1.90 bits per heavy atom. The lowest BCUT2D eigenvalue weighted by Gasteiger charge is -2.07. The topological polar surface area (TPSA) is 113 Å². The van der Waals surface area contributed by atoms with Gasteiger partial charge in [0.05, 0.1) is 9.79 Å². The van der Waals surface area contributed by atoms with E-state index >= 15 is 0 Å². The van der Waals surface area contributed by atoms with Crippen molar-refractivity contribution < 1.29 is 21.9 Å². The van der Waals surface area contributed by atoms with E-state index < -0.39 is 20.0 Å². The first-order chi connectivity index (χ1) is 9.83. The first-order valence-corrected chi connectivity index (χ1v) is 9.44. The largest absolute Gasteiger partial charge is 0.396 e. The predicted octanol–water partition coefficient (Wildman–Crippen LogP) is 0.0356. The molecule has 1 aromatic rings. The molecule has 9 heteroatoms. The Kier molecular flexibility index (Phi) is 6.75. The van der Waals surface area contributed by atoms with E-state index in [1.54, 1.807) is 0 Å². The second-order valence-corrected chi connectivity index (χ2v) is 8.01. The molecular weight excluding hydrogens is 316 g/mol. The Morgan fingerprint density at radius 1 is 0.905 bits per heavy atom. The minimum atomic E-state index is -3.64. The Bertz CT molecular complexity index is 639. The summed E-state index contributed by atoms with van der Waals surface area (Å²) in [7, 11) is -5.94. The smallest absolute Gasteiger partial charge is 0.240 e. The summed E-state index contributed by atoms with van der Waals surface area (Å²) in [5.74, 6) is 0. The van der Waals surface area contributed by atoms with Crippen LogP contribution < -0.4 is 9.44 Å². The number of unbranched alkanes of at least 4 members (excludes halogenated alkanes) is 2. The van der Waals surface area contributed by atoms with E-state index in [1.807, 2.05) is 0 Å². The molecule has 0 spiro atoms. The normalized spacial score (nSPS) is 12.5. The third kappa shape index (κ3) is 5.36. The zero-order chi connectivity index (χ0) is 15.9. The van der Waals surface area contributed by atoms with Crippen LogP contribution >= 0.6 is 0 Å². The molecule has 21 heavy (non-hydrogen) atoms. The lowest BCUT2D eigenvalue weighted by molar-refractivity contribution is 0.283. The predicted molar refractivity (Wildman–Crippen MR) is 78.8 cm³/mol. The van der Waals surface area contributed by atoms with E-state index in [0.29, 0.717) is 12.8 Å². The Balaban J connectivity index is 2.72. The maximum absolute atomic E-state index is 12.0. The number of benzene rings is 1. The van der Waals surface area contributed by atoms with Crippen LogP contribution in [-0.4, -0.2) is 42.1 Å². The molecule has 0 unspecified atom stereocenters. The van der Waals surface area contributed by atoms with Gasteiger partial charge < -0.3 is 5.11 Å². The lowest BCUT2D eigenvalue weighted by Crippen LogP contribution is -2.25. The lowest BCUT2D eigenvalue weighted by atomic mass is 10.2. The molecule has 0 saturated carbocycles. The van der Waals surface area contributed by atoms with Gasteiger partial charge in [-0.15, -0.1) is 0 Å². The maximum Gasteiger partial charge on any atom is 0.240 e. The summed E-state index contributed by atoms with van der Waals surface area (Å²) in [6.07, 6.45) is 2.00. The van der Waals surface area contributed by atoms with Crippen LogP contribution in [0.25, 0.3) is 0 Å².